The van der Waals surface area contributed by atoms with Crippen molar-refractivity contribution in [1.82, 2.24) is 10.6 Å². The molecule has 2 amide bonds. The minimum absolute atomic E-state index is 0.483. The number of carbonyl (C=O) groups excluding carboxylic acids is 1. The van der Waals surface area contributed by atoms with Gasteiger partial charge in [-0.3, -0.25) is 4.99 Å². The van der Waals surface area contributed by atoms with Crippen LogP contribution in [0.1, 0.15) is 6.42 Å². The molecule has 0 atom stereocenters. The number of nitrogens with zero attached hydrogens (tertiary/aromatic N) is 1. The molecule has 5 heteroatoms. The summed E-state index contributed by atoms with van der Waals surface area (Å²) < 4.78 is 0. The zero-order chi connectivity index (χ0) is 8.10. The highest BCUT2D eigenvalue weighted by Gasteiger charge is 2.03. The molecule has 0 spiro atoms. The van der Waals surface area contributed by atoms with Gasteiger partial charge in [0.1, 0.15) is 0 Å². The normalized spacial score (nSPS) is 15.5. The lowest BCUT2D eigenvalue weighted by molar-refractivity contribution is 0.249. The summed E-state index contributed by atoms with van der Waals surface area (Å²) in [5, 5.41) is 5.58. The number of carbonyl (C=O) groups is 1. The predicted octanol–water partition coefficient (Wildman–Crippen LogP) is -0.953. The summed E-state index contributed by atoms with van der Waals surface area (Å²) in [5.41, 5.74) is 4.87. The highest BCUT2D eigenvalue weighted by Crippen LogP contribution is 1.88. The Hall–Kier alpha value is -1.26. The van der Waals surface area contributed by atoms with E-state index in [9.17, 15) is 4.79 Å². The van der Waals surface area contributed by atoms with E-state index in [2.05, 4.69) is 15.6 Å². The van der Waals surface area contributed by atoms with Crippen molar-refractivity contribution in [3.63, 3.8) is 0 Å². The molecule has 1 aliphatic rings. The number of hydrogen-bond acceptors (Lipinski definition) is 3. The number of amidine groups is 1. The summed E-state index contributed by atoms with van der Waals surface area (Å²) in [4.78, 5) is 14.4. The summed E-state index contributed by atoms with van der Waals surface area (Å²) in [5.74, 6) is 0.957. The predicted molar refractivity (Wildman–Crippen MR) is 42.5 cm³/mol. The van der Waals surface area contributed by atoms with Crippen LogP contribution in [0.4, 0.5) is 4.79 Å². The van der Waals surface area contributed by atoms with Crippen LogP contribution in [-0.4, -0.2) is 31.5 Å². The molecule has 5 nitrogen and oxygen atoms in total. The summed E-state index contributed by atoms with van der Waals surface area (Å²) >= 11 is 0. The van der Waals surface area contributed by atoms with Gasteiger partial charge in [-0.25, -0.2) is 4.79 Å². The molecule has 0 bridgehead atoms. The van der Waals surface area contributed by atoms with Crippen molar-refractivity contribution in [1.29, 1.82) is 0 Å². The minimum Gasteiger partial charge on any atom is -0.372 e. The van der Waals surface area contributed by atoms with E-state index in [0.717, 1.165) is 25.3 Å². The number of urea groups is 1. The molecule has 11 heavy (non-hydrogen) atoms. The standard InChI is InChI=1S/C6H12N4O/c7-6(11)10-2-1-5-8-3-4-9-5/h1-4H2,(H,8,9)(H3,7,10,11). The van der Waals surface area contributed by atoms with Crippen LogP contribution < -0.4 is 16.4 Å². The molecule has 0 aromatic carbocycles. The lowest BCUT2D eigenvalue weighted by Crippen LogP contribution is -2.32. The van der Waals surface area contributed by atoms with Crippen LogP contribution in [0.15, 0.2) is 4.99 Å². The van der Waals surface area contributed by atoms with Crippen molar-refractivity contribution < 1.29 is 4.79 Å². The molecule has 0 radical (unpaired) electrons. The Morgan fingerprint density at radius 3 is 3.18 bits per heavy atom. The van der Waals surface area contributed by atoms with E-state index >= 15 is 0 Å². The average molecular weight is 156 g/mol. The van der Waals surface area contributed by atoms with Gasteiger partial charge < -0.3 is 16.4 Å². The van der Waals surface area contributed by atoms with E-state index in [1.165, 1.54) is 0 Å². The molecule has 0 saturated carbocycles. The maximum atomic E-state index is 10.2. The fraction of sp³-hybridized carbons (Fsp3) is 0.667. The molecule has 1 heterocycles. The van der Waals surface area contributed by atoms with Gasteiger partial charge in [0.15, 0.2) is 0 Å². The first kappa shape index (κ1) is 7.84. The molecular weight excluding hydrogens is 144 g/mol. The van der Waals surface area contributed by atoms with E-state index < -0.39 is 6.03 Å². The molecule has 0 aliphatic carbocycles. The Labute approximate surface area is 65.1 Å². The van der Waals surface area contributed by atoms with Crippen LogP contribution in [-0.2, 0) is 0 Å². The van der Waals surface area contributed by atoms with E-state index in [1.807, 2.05) is 0 Å². The first-order chi connectivity index (χ1) is 5.29. The van der Waals surface area contributed by atoms with Gasteiger partial charge in [0.2, 0.25) is 0 Å². The summed E-state index contributed by atoms with van der Waals surface area (Å²) in [6.45, 7) is 2.30. The third-order valence-electron chi connectivity index (χ3n) is 1.40. The van der Waals surface area contributed by atoms with Gasteiger partial charge in [0, 0.05) is 19.5 Å². The Balaban J connectivity index is 2.07. The zero-order valence-electron chi connectivity index (χ0n) is 6.26. The molecule has 0 unspecified atom stereocenters. The maximum absolute atomic E-state index is 10.2. The molecule has 0 fully saturated rings. The highest BCUT2D eigenvalue weighted by atomic mass is 16.2. The molecule has 0 aromatic rings. The second-order valence-electron chi connectivity index (χ2n) is 2.30. The van der Waals surface area contributed by atoms with Crippen molar-refractivity contribution in [3.8, 4) is 0 Å². The van der Waals surface area contributed by atoms with Gasteiger partial charge in [-0.2, -0.15) is 0 Å². The molecular formula is C6H12N4O. The highest BCUT2D eigenvalue weighted by molar-refractivity contribution is 5.84. The van der Waals surface area contributed by atoms with E-state index in [-0.39, 0.29) is 0 Å². The Morgan fingerprint density at radius 1 is 1.82 bits per heavy atom. The maximum Gasteiger partial charge on any atom is 0.312 e. The summed E-state index contributed by atoms with van der Waals surface area (Å²) in [7, 11) is 0. The van der Waals surface area contributed by atoms with Gasteiger partial charge in [-0.05, 0) is 0 Å². The van der Waals surface area contributed by atoms with E-state index in [0.29, 0.717) is 6.54 Å². The van der Waals surface area contributed by atoms with Crippen LogP contribution >= 0.6 is 0 Å². The third kappa shape index (κ3) is 2.88. The number of primary amides is 1. The number of nitrogens with two attached hydrogens (primary N) is 1. The first-order valence-electron chi connectivity index (χ1n) is 3.59. The second kappa shape index (κ2) is 3.80. The first-order valence-corrected chi connectivity index (χ1v) is 3.59. The van der Waals surface area contributed by atoms with Crippen LogP contribution in [0.5, 0.6) is 0 Å². The second-order valence-corrected chi connectivity index (χ2v) is 2.30. The third-order valence-corrected chi connectivity index (χ3v) is 1.40. The number of hydrogen-bond donors (Lipinski definition) is 3. The van der Waals surface area contributed by atoms with E-state index in [1.54, 1.807) is 0 Å². The van der Waals surface area contributed by atoms with Crippen LogP contribution in [0, 0.1) is 0 Å². The fourth-order valence-corrected chi connectivity index (χ4v) is 0.919. The minimum atomic E-state index is -0.483. The Morgan fingerprint density at radius 2 is 2.64 bits per heavy atom. The van der Waals surface area contributed by atoms with Gasteiger partial charge in [0.05, 0.1) is 12.4 Å². The molecule has 1 rings (SSSR count). The van der Waals surface area contributed by atoms with Crippen molar-refractivity contribution in [2.75, 3.05) is 19.6 Å². The van der Waals surface area contributed by atoms with Crippen molar-refractivity contribution in [2.45, 2.75) is 6.42 Å². The van der Waals surface area contributed by atoms with Crippen molar-refractivity contribution in [3.05, 3.63) is 0 Å². The quantitative estimate of drug-likeness (QED) is 0.492. The van der Waals surface area contributed by atoms with Crippen LogP contribution in [0.25, 0.3) is 0 Å². The summed E-state index contributed by atoms with van der Waals surface area (Å²) in [6, 6.07) is -0.483. The number of rotatable bonds is 3. The number of aliphatic imine (C=N–C) groups is 1. The average Bonchev–Trinajstić information content (AvgIpc) is 2.39. The fourth-order valence-electron chi connectivity index (χ4n) is 0.919. The molecule has 4 N–H and O–H groups in total. The van der Waals surface area contributed by atoms with Crippen molar-refractivity contribution in [2.24, 2.45) is 10.7 Å². The zero-order valence-corrected chi connectivity index (χ0v) is 6.26. The van der Waals surface area contributed by atoms with Gasteiger partial charge in [0.25, 0.3) is 0 Å². The summed E-state index contributed by atoms with van der Waals surface area (Å²) in [6.07, 6.45) is 0.739. The lowest BCUT2D eigenvalue weighted by Gasteiger charge is -2.01. The van der Waals surface area contributed by atoms with Gasteiger partial charge in [-0.1, -0.05) is 0 Å². The molecule has 0 saturated heterocycles. The number of nitrogens with one attached hydrogen (secondary N) is 2. The Bertz CT molecular complexity index is 177. The smallest absolute Gasteiger partial charge is 0.312 e. The topological polar surface area (TPSA) is 79.5 Å². The van der Waals surface area contributed by atoms with Crippen LogP contribution in [0.3, 0.4) is 0 Å². The monoisotopic (exact) mass is 156 g/mol. The van der Waals surface area contributed by atoms with Crippen LogP contribution in [0.2, 0.25) is 0 Å². The SMILES string of the molecule is NC(=O)NCCC1=NCCN1. The number of amides is 2. The van der Waals surface area contributed by atoms with Gasteiger partial charge in [-0.15, -0.1) is 0 Å². The molecule has 62 valence electrons. The Kier molecular flexibility index (Phi) is 2.71. The lowest BCUT2D eigenvalue weighted by atomic mass is 10.4. The van der Waals surface area contributed by atoms with Gasteiger partial charge >= 0.3 is 6.03 Å². The largest absolute Gasteiger partial charge is 0.372 e. The molecule has 1 aliphatic heterocycles. The van der Waals surface area contributed by atoms with Crippen molar-refractivity contribution >= 4 is 11.9 Å². The molecule has 0 aromatic heterocycles. The van der Waals surface area contributed by atoms with E-state index in [4.69, 9.17) is 5.73 Å².